The van der Waals surface area contributed by atoms with E-state index in [1.807, 2.05) is 44.2 Å². The monoisotopic (exact) mass is 432 g/mol. The first-order valence-electron chi connectivity index (χ1n) is 10.5. The van der Waals surface area contributed by atoms with E-state index < -0.39 is 18.5 Å². The summed E-state index contributed by atoms with van der Waals surface area (Å²) in [5, 5.41) is 2.71. The Kier molecular flexibility index (Phi) is 5.90. The van der Waals surface area contributed by atoms with Crippen molar-refractivity contribution in [1.82, 2.24) is 0 Å². The van der Waals surface area contributed by atoms with Gasteiger partial charge in [0.1, 0.15) is 0 Å². The van der Waals surface area contributed by atoms with Crippen LogP contribution in [0.1, 0.15) is 34.3 Å². The summed E-state index contributed by atoms with van der Waals surface area (Å²) in [5.41, 5.74) is 3.15. The van der Waals surface area contributed by atoms with E-state index in [-0.39, 0.29) is 29.2 Å². The Bertz CT molecular complexity index is 1090. The van der Waals surface area contributed by atoms with Gasteiger partial charge in [-0.15, -0.1) is 0 Å². The number of anilines is 2. The van der Waals surface area contributed by atoms with Gasteiger partial charge in [0.05, 0.1) is 23.1 Å². The minimum absolute atomic E-state index is 0.162. The number of esters is 1. The van der Waals surface area contributed by atoms with Crippen molar-refractivity contribution in [3.8, 4) is 0 Å². The molecule has 1 aliphatic heterocycles. The zero-order chi connectivity index (χ0) is 22.8. The number of hydrogen-bond acceptors (Lipinski definition) is 5. The molecule has 164 valence electrons. The largest absolute Gasteiger partial charge is 0.452 e. The smallest absolute Gasteiger partial charge is 0.338 e. The number of fused-ring (bicyclic) bond motifs is 1. The molecule has 1 heterocycles. The molecule has 3 amide bonds. The highest BCUT2D eigenvalue weighted by atomic mass is 16.5. The summed E-state index contributed by atoms with van der Waals surface area (Å²) in [6.45, 7) is 3.40. The lowest BCUT2D eigenvalue weighted by Gasteiger charge is -2.15. The highest BCUT2D eigenvalue weighted by Gasteiger charge is 2.47. The molecule has 2 aromatic rings. The first-order chi connectivity index (χ1) is 15.3. The van der Waals surface area contributed by atoms with Crippen LogP contribution in [0.15, 0.2) is 54.6 Å². The van der Waals surface area contributed by atoms with Crippen LogP contribution in [0.3, 0.4) is 0 Å². The van der Waals surface area contributed by atoms with Gasteiger partial charge in [-0.1, -0.05) is 24.3 Å². The third-order valence-electron chi connectivity index (χ3n) is 5.69. The number of aryl methyl sites for hydroxylation is 2. The lowest BCUT2D eigenvalue weighted by atomic mass is 9.85. The minimum Gasteiger partial charge on any atom is -0.452 e. The molecule has 0 unspecified atom stereocenters. The van der Waals surface area contributed by atoms with E-state index in [2.05, 4.69) is 5.32 Å². The number of hydrogen-bond donors (Lipinski definition) is 1. The summed E-state index contributed by atoms with van der Waals surface area (Å²) < 4.78 is 5.14. The number of carbonyl (C=O) groups is 4. The number of nitrogens with one attached hydrogen (secondary N) is 1. The van der Waals surface area contributed by atoms with Crippen LogP contribution in [0.2, 0.25) is 0 Å². The van der Waals surface area contributed by atoms with Crippen LogP contribution in [0.25, 0.3) is 0 Å². The van der Waals surface area contributed by atoms with Gasteiger partial charge in [-0.05, 0) is 68.1 Å². The van der Waals surface area contributed by atoms with E-state index in [1.165, 1.54) is 12.1 Å². The van der Waals surface area contributed by atoms with Gasteiger partial charge in [0, 0.05) is 5.69 Å². The van der Waals surface area contributed by atoms with E-state index in [1.54, 1.807) is 12.1 Å². The summed E-state index contributed by atoms with van der Waals surface area (Å²) in [6, 6.07) is 11.8. The summed E-state index contributed by atoms with van der Waals surface area (Å²) >= 11 is 0. The van der Waals surface area contributed by atoms with Gasteiger partial charge < -0.3 is 10.1 Å². The van der Waals surface area contributed by atoms with E-state index in [0.717, 1.165) is 16.0 Å². The Morgan fingerprint density at radius 1 is 0.969 bits per heavy atom. The van der Waals surface area contributed by atoms with Crippen molar-refractivity contribution < 1.29 is 23.9 Å². The lowest BCUT2D eigenvalue weighted by Crippen LogP contribution is -2.31. The van der Waals surface area contributed by atoms with Gasteiger partial charge in [-0.2, -0.15) is 0 Å². The molecule has 1 saturated heterocycles. The third-order valence-corrected chi connectivity index (χ3v) is 5.69. The van der Waals surface area contributed by atoms with Crippen molar-refractivity contribution >= 4 is 35.1 Å². The predicted octanol–water partition coefficient (Wildman–Crippen LogP) is 3.55. The number of nitrogens with zero attached hydrogens (tertiary/aromatic N) is 1. The number of allylic oxidation sites excluding steroid dienone is 2. The fraction of sp³-hybridized carbons (Fsp3) is 0.280. The molecule has 7 heteroatoms. The van der Waals surface area contributed by atoms with Gasteiger partial charge in [-0.25, -0.2) is 4.79 Å². The summed E-state index contributed by atoms with van der Waals surface area (Å²) in [6.07, 6.45) is 4.94. The molecule has 32 heavy (non-hydrogen) atoms. The zero-order valence-electron chi connectivity index (χ0n) is 18.0. The Labute approximate surface area is 186 Å². The Hall–Kier alpha value is -3.74. The molecule has 2 aliphatic rings. The summed E-state index contributed by atoms with van der Waals surface area (Å²) in [4.78, 5) is 51.4. The quantitative estimate of drug-likeness (QED) is 0.443. The predicted molar refractivity (Wildman–Crippen MR) is 119 cm³/mol. The highest BCUT2D eigenvalue weighted by Crippen LogP contribution is 2.37. The van der Waals surface area contributed by atoms with Gasteiger partial charge in [0.15, 0.2) is 6.61 Å². The molecule has 0 aromatic heterocycles. The maximum Gasteiger partial charge on any atom is 0.338 e. The molecule has 1 N–H and O–H groups in total. The van der Waals surface area contributed by atoms with E-state index in [0.29, 0.717) is 24.2 Å². The van der Waals surface area contributed by atoms with Crippen molar-refractivity contribution in [2.45, 2.75) is 26.7 Å². The zero-order valence-corrected chi connectivity index (χ0v) is 18.0. The number of amides is 3. The van der Waals surface area contributed by atoms with Crippen LogP contribution in [0.5, 0.6) is 0 Å². The molecule has 2 aromatic carbocycles. The Morgan fingerprint density at radius 3 is 2.22 bits per heavy atom. The SMILES string of the molecule is Cc1cc(C)cc(NC(=O)COC(=O)c2cccc(N3C(=O)[C@@H]4CC=CC[C@H]4C3=O)c2)c1. The number of carbonyl (C=O) groups excluding carboxylic acids is 4. The van der Waals surface area contributed by atoms with Crippen molar-refractivity contribution in [2.24, 2.45) is 11.8 Å². The molecule has 0 saturated carbocycles. The molecule has 0 bridgehead atoms. The molecule has 1 fully saturated rings. The molecule has 1 aliphatic carbocycles. The molecular formula is C25H24N2O5. The fourth-order valence-corrected chi connectivity index (χ4v) is 4.29. The van der Waals surface area contributed by atoms with Crippen LogP contribution in [-0.4, -0.2) is 30.3 Å². The van der Waals surface area contributed by atoms with Gasteiger partial charge in [-0.3, -0.25) is 19.3 Å². The summed E-state index contributed by atoms with van der Waals surface area (Å²) in [7, 11) is 0. The maximum atomic E-state index is 12.8. The van der Waals surface area contributed by atoms with Crippen LogP contribution in [-0.2, 0) is 19.1 Å². The third kappa shape index (κ3) is 4.32. The standard InChI is InChI=1S/C25H24N2O5/c1-15-10-16(2)12-18(11-15)26-22(28)14-32-25(31)17-6-5-7-19(13-17)27-23(29)20-8-3-4-9-21(20)24(27)30/h3-7,10-13,20-21H,8-9,14H2,1-2H3,(H,26,28)/t20-,21-/m1/s1. The Morgan fingerprint density at radius 2 is 1.59 bits per heavy atom. The van der Waals surface area contributed by atoms with Gasteiger partial charge in [0.2, 0.25) is 11.8 Å². The molecule has 4 rings (SSSR count). The number of rotatable bonds is 5. The number of imide groups is 1. The van der Waals surface area contributed by atoms with Gasteiger partial charge in [0.25, 0.3) is 5.91 Å². The average Bonchev–Trinajstić information content (AvgIpc) is 3.02. The normalized spacial score (nSPS) is 19.6. The molecule has 0 spiro atoms. The highest BCUT2D eigenvalue weighted by molar-refractivity contribution is 6.22. The second kappa shape index (κ2) is 8.78. The van der Waals surface area contributed by atoms with E-state index in [4.69, 9.17) is 4.74 Å². The first kappa shape index (κ1) is 21.5. The molecular weight excluding hydrogens is 408 g/mol. The van der Waals surface area contributed by atoms with Crippen molar-refractivity contribution in [3.63, 3.8) is 0 Å². The first-order valence-corrected chi connectivity index (χ1v) is 10.5. The van der Waals surface area contributed by atoms with Crippen LogP contribution in [0.4, 0.5) is 11.4 Å². The number of benzene rings is 2. The van der Waals surface area contributed by atoms with Crippen LogP contribution in [0, 0.1) is 25.7 Å². The average molecular weight is 432 g/mol. The maximum absolute atomic E-state index is 12.8. The lowest BCUT2D eigenvalue weighted by molar-refractivity contribution is -0.122. The molecule has 2 atom stereocenters. The van der Waals surface area contributed by atoms with Crippen molar-refractivity contribution in [2.75, 3.05) is 16.8 Å². The molecule has 0 radical (unpaired) electrons. The van der Waals surface area contributed by atoms with Crippen LogP contribution >= 0.6 is 0 Å². The molecule has 7 nitrogen and oxygen atoms in total. The number of ether oxygens (including phenoxy) is 1. The summed E-state index contributed by atoms with van der Waals surface area (Å²) in [5.74, 6) is -2.36. The van der Waals surface area contributed by atoms with Crippen molar-refractivity contribution in [3.05, 3.63) is 71.3 Å². The van der Waals surface area contributed by atoms with Gasteiger partial charge >= 0.3 is 5.97 Å². The second-order valence-corrected chi connectivity index (χ2v) is 8.22. The second-order valence-electron chi connectivity index (χ2n) is 8.22. The van der Waals surface area contributed by atoms with E-state index >= 15 is 0 Å². The van der Waals surface area contributed by atoms with E-state index in [9.17, 15) is 19.2 Å². The fourth-order valence-electron chi connectivity index (χ4n) is 4.29. The van der Waals surface area contributed by atoms with Crippen molar-refractivity contribution in [1.29, 1.82) is 0 Å². The van der Waals surface area contributed by atoms with Crippen LogP contribution < -0.4 is 10.2 Å². The minimum atomic E-state index is -0.708. The Balaban J connectivity index is 1.41. The topological polar surface area (TPSA) is 92.8 Å².